The van der Waals surface area contributed by atoms with Gasteiger partial charge in [0.2, 0.25) is 0 Å². The van der Waals surface area contributed by atoms with Crippen molar-refractivity contribution in [3.05, 3.63) is 52.8 Å². The third kappa shape index (κ3) is 2.12. The van der Waals surface area contributed by atoms with Gasteiger partial charge in [-0.1, -0.05) is 23.7 Å². The third-order valence-electron chi connectivity index (χ3n) is 2.35. The predicted octanol–water partition coefficient (Wildman–Crippen LogP) is 3.52. The molecule has 0 saturated heterocycles. The molecule has 1 heterocycles. The van der Waals surface area contributed by atoms with Crippen LogP contribution in [0.5, 0.6) is 0 Å². The zero-order valence-corrected chi connectivity index (χ0v) is 9.53. The molecule has 1 aromatic carbocycles. The first-order valence-electron chi connectivity index (χ1n) is 4.88. The van der Waals surface area contributed by atoms with Gasteiger partial charge in [0.15, 0.2) is 0 Å². The molecule has 2 aromatic rings. The van der Waals surface area contributed by atoms with E-state index in [0.717, 1.165) is 23.1 Å². The highest BCUT2D eigenvalue weighted by atomic mass is 35.5. The van der Waals surface area contributed by atoms with Crippen molar-refractivity contribution in [2.75, 3.05) is 0 Å². The topological polar surface area (TPSA) is 30.0 Å². The van der Waals surface area contributed by atoms with Crippen molar-refractivity contribution >= 4 is 17.9 Å². The van der Waals surface area contributed by atoms with E-state index in [1.807, 2.05) is 19.1 Å². The summed E-state index contributed by atoms with van der Waals surface area (Å²) in [5.41, 5.74) is 3.31. The quantitative estimate of drug-likeness (QED) is 0.741. The Morgan fingerprint density at radius 1 is 1.25 bits per heavy atom. The first kappa shape index (κ1) is 10.8. The Hall–Kier alpha value is -1.67. The van der Waals surface area contributed by atoms with Crippen molar-refractivity contribution in [1.29, 1.82) is 0 Å². The van der Waals surface area contributed by atoms with Gasteiger partial charge in [-0.25, -0.2) is 0 Å². The minimum atomic E-state index is 0.611. The fraction of sp³-hybridized carbons (Fsp3) is 0.0769. The Bertz CT molecular complexity index is 520. The predicted molar refractivity (Wildman–Crippen MR) is 64.8 cm³/mol. The largest absolute Gasteiger partial charge is 0.298 e. The molecule has 3 heteroatoms. The van der Waals surface area contributed by atoms with E-state index in [-0.39, 0.29) is 0 Å². The van der Waals surface area contributed by atoms with E-state index >= 15 is 0 Å². The number of aryl methyl sites for hydroxylation is 1. The summed E-state index contributed by atoms with van der Waals surface area (Å²) in [6.45, 7) is 1.92. The third-order valence-corrected chi connectivity index (χ3v) is 2.68. The van der Waals surface area contributed by atoms with E-state index in [4.69, 9.17) is 11.6 Å². The number of carbonyl (C=O) groups excluding carboxylic acids is 1. The summed E-state index contributed by atoms with van der Waals surface area (Å²) < 4.78 is 0. The number of nitrogens with zero attached hydrogens (tertiary/aromatic N) is 1. The molecule has 0 spiro atoms. The molecule has 0 bridgehead atoms. The summed E-state index contributed by atoms with van der Waals surface area (Å²) in [6.07, 6.45) is 2.56. The molecule has 16 heavy (non-hydrogen) atoms. The fourth-order valence-corrected chi connectivity index (χ4v) is 1.69. The van der Waals surface area contributed by atoms with Crippen molar-refractivity contribution in [1.82, 2.24) is 4.98 Å². The molecule has 0 N–H and O–H groups in total. The lowest BCUT2D eigenvalue weighted by molar-refractivity contribution is 0.112. The van der Waals surface area contributed by atoms with E-state index in [1.165, 1.54) is 0 Å². The van der Waals surface area contributed by atoms with Crippen LogP contribution in [-0.2, 0) is 0 Å². The maximum Gasteiger partial charge on any atom is 0.150 e. The summed E-state index contributed by atoms with van der Waals surface area (Å²) in [5.74, 6) is 0. The minimum Gasteiger partial charge on any atom is -0.298 e. The molecule has 0 unspecified atom stereocenters. The number of carbonyl (C=O) groups is 1. The fourth-order valence-electron chi connectivity index (χ4n) is 1.46. The molecule has 0 saturated carbocycles. The lowest BCUT2D eigenvalue weighted by Gasteiger charge is -2.05. The molecule has 0 aliphatic carbocycles. The number of hydrogen-bond acceptors (Lipinski definition) is 2. The zero-order chi connectivity index (χ0) is 11.5. The van der Waals surface area contributed by atoms with E-state index in [9.17, 15) is 4.79 Å². The van der Waals surface area contributed by atoms with Crippen LogP contribution >= 0.6 is 11.6 Å². The Kier molecular flexibility index (Phi) is 3.02. The molecule has 0 aliphatic rings. The van der Waals surface area contributed by atoms with Gasteiger partial charge in [-0.2, -0.15) is 0 Å². The smallest absolute Gasteiger partial charge is 0.150 e. The monoisotopic (exact) mass is 231 g/mol. The average Bonchev–Trinajstić information content (AvgIpc) is 2.31. The molecule has 80 valence electrons. The van der Waals surface area contributed by atoms with Gasteiger partial charge in [0, 0.05) is 33.6 Å². The first-order valence-corrected chi connectivity index (χ1v) is 5.26. The summed E-state index contributed by atoms with van der Waals surface area (Å²) in [6, 6.07) is 9.04. The molecule has 0 atom stereocenters. The van der Waals surface area contributed by atoms with E-state index in [1.54, 1.807) is 24.4 Å². The maximum absolute atomic E-state index is 10.7. The molecule has 0 aliphatic heterocycles. The van der Waals surface area contributed by atoms with E-state index < -0.39 is 0 Å². The van der Waals surface area contributed by atoms with Crippen molar-refractivity contribution < 1.29 is 4.79 Å². The zero-order valence-electron chi connectivity index (χ0n) is 8.77. The summed E-state index contributed by atoms with van der Waals surface area (Å²) >= 11 is 6.08. The van der Waals surface area contributed by atoms with Crippen molar-refractivity contribution in [3.63, 3.8) is 0 Å². The van der Waals surface area contributed by atoms with Gasteiger partial charge in [0.1, 0.15) is 6.29 Å². The highest BCUT2D eigenvalue weighted by Crippen LogP contribution is 2.28. The summed E-state index contributed by atoms with van der Waals surface area (Å²) in [7, 11) is 0. The van der Waals surface area contributed by atoms with E-state index in [2.05, 4.69) is 4.98 Å². The highest BCUT2D eigenvalue weighted by Gasteiger charge is 2.04. The number of rotatable bonds is 2. The van der Waals surface area contributed by atoms with Gasteiger partial charge < -0.3 is 0 Å². The molecule has 2 nitrogen and oxygen atoms in total. The molecule has 0 fully saturated rings. The van der Waals surface area contributed by atoms with E-state index in [0.29, 0.717) is 10.6 Å². The second-order valence-electron chi connectivity index (χ2n) is 3.55. The molecule has 0 amide bonds. The SMILES string of the molecule is Cc1ccc(-c2cc(C=O)ccc2Cl)cn1. The molecule has 1 aromatic heterocycles. The van der Waals surface area contributed by atoms with Crippen LogP contribution in [-0.4, -0.2) is 11.3 Å². The van der Waals surface area contributed by atoms with Crippen LogP contribution in [0.1, 0.15) is 16.1 Å². The van der Waals surface area contributed by atoms with Gasteiger partial charge in [-0.3, -0.25) is 9.78 Å². The van der Waals surface area contributed by atoms with Crippen LogP contribution < -0.4 is 0 Å². The highest BCUT2D eigenvalue weighted by molar-refractivity contribution is 6.33. The van der Waals surface area contributed by atoms with Crippen molar-refractivity contribution in [2.45, 2.75) is 6.92 Å². The van der Waals surface area contributed by atoms with Crippen LogP contribution in [0, 0.1) is 6.92 Å². The molecule has 2 rings (SSSR count). The molecular formula is C13H10ClNO. The Morgan fingerprint density at radius 2 is 2.06 bits per heavy atom. The second-order valence-corrected chi connectivity index (χ2v) is 3.95. The Balaban J connectivity index is 2.54. The Labute approximate surface area is 98.9 Å². The van der Waals surface area contributed by atoms with Crippen molar-refractivity contribution in [3.8, 4) is 11.1 Å². The number of benzene rings is 1. The average molecular weight is 232 g/mol. The number of pyridine rings is 1. The maximum atomic E-state index is 10.7. The van der Waals surface area contributed by atoms with Crippen LogP contribution in [0.4, 0.5) is 0 Å². The van der Waals surface area contributed by atoms with Gasteiger partial charge in [-0.15, -0.1) is 0 Å². The van der Waals surface area contributed by atoms with Crippen molar-refractivity contribution in [2.24, 2.45) is 0 Å². The lowest BCUT2D eigenvalue weighted by atomic mass is 10.0. The van der Waals surface area contributed by atoms with Crippen LogP contribution in [0.3, 0.4) is 0 Å². The van der Waals surface area contributed by atoms with Gasteiger partial charge in [-0.05, 0) is 25.1 Å². The lowest BCUT2D eigenvalue weighted by Crippen LogP contribution is -1.86. The number of halogens is 1. The number of hydrogen-bond donors (Lipinski definition) is 0. The number of aldehydes is 1. The standard InChI is InChI=1S/C13H10ClNO/c1-9-2-4-11(7-15-9)12-6-10(8-16)3-5-13(12)14/h2-8H,1H3. The molecular weight excluding hydrogens is 222 g/mol. The summed E-state index contributed by atoms with van der Waals surface area (Å²) in [4.78, 5) is 14.9. The van der Waals surface area contributed by atoms with Gasteiger partial charge in [0.25, 0.3) is 0 Å². The Morgan fingerprint density at radius 3 is 2.69 bits per heavy atom. The molecule has 0 radical (unpaired) electrons. The minimum absolute atomic E-state index is 0.611. The normalized spacial score (nSPS) is 10.1. The van der Waals surface area contributed by atoms with Crippen LogP contribution in [0.25, 0.3) is 11.1 Å². The number of aromatic nitrogens is 1. The second kappa shape index (κ2) is 4.45. The van der Waals surface area contributed by atoms with Gasteiger partial charge >= 0.3 is 0 Å². The van der Waals surface area contributed by atoms with Gasteiger partial charge in [0.05, 0.1) is 0 Å². The first-order chi connectivity index (χ1) is 7.70. The summed E-state index contributed by atoms with van der Waals surface area (Å²) in [5, 5.41) is 0.622. The van der Waals surface area contributed by atoms with Crippen LogP contribution in [0.15, 0.2) is 36.5 Å². The van der Waals surface area contributed by atoms with Crippen LogP contribution in [0.2, 0.25) is 5.02 Å².